The average Bonchev–Trinajstić information content (AvgIpc) is 2.26. The normalized spacial score (nSPS) is 12.8. The zero-order valence-corrected chi connectivity index (χ0v) is 11.1. The van der Waals surface area contributed by atoms with Gasteiger partial charge in [-0.3, -0.25) is 0 Å². The van der Waals surface area contributed by atoms with Gasteiger partial charge in [-0.1, -0.05) is 26.0 Å². The van der Waals surface area contributed by atoms with Gasteiger partial charge in [0.25, 0.3) is 0 Å². The van der Waals surface area contributed by atoms with Crippen molar-refractivity contribution in [2.75, 3.05) is 7.11 Å². The van der Waals surface area contributed by atoms with Gasteiger partial charge < -0.3 is 4.74 Å². The molecule has 1 rings (SSSR count). The number of rotatable bonds is 6. The van der Waals surface area contributed by atoms with Crippen molar-refractivity contribution in [3.05, 3.63) is 29.8 Å². The van der Waals surface area contributed by atoms with Gasteiger partial charge in [-0.15, -0.1) is 11.6 Å². The molecule has 0 amide bonds. The van der Waals surface area contributed by atoms with Gasteiger partial charge in [-0.2, -0.15) is 0 Å². The highest BCUT2D eigenvalue weighted by atomic mass is 35.5. The number of halogens is 1. The Morgan fingerprint density at radius 3 is 2.69 bits per heavy atom. The van der Waals surface area contributed by atoms with E-state index in [1.807, 2.05) is 12.1 Å². The van der Waals surface area contributed by atoms with E-state index in [1.165, 1.54) is 5.56 Å². The molecule has 1 aromatic carbocycles. The van der Waals surface area contributed by atoms with E-state index >= 15 is 0 Å². The molecular formula is C14H21ClO. The molecule has 0 N–H and O–H groups in total. The molecule has 0 aliphatic carbocycles. The molecule has 1 nitrogen and oxygen atoms in total. The summed E-state index contributed by atoms with van der Waals surface area (Å²) >= 11 is 6.27. The van der Waals surface area contributed by atoms with Gasteiger partial charge in [0.15, 0.2) is 0 Å². The highest BCUT2D eigenvalue weighted by Crippen LogP contribution is 2.19. The number of alkyl halides is 1. The second-order valence-electron chi connectivity index (χ2n) is 4.62. The van der Waals surface area contributed by atoms with Crippen LogP contribution >= 0.6 is 11.6 Å². The maximum absolute atomic E-state index is 6.27. The maximum atomic E-state index is 6.27. The fourth-order valence-corrected chi connectivity index (χ4v) is 2.25. The summed E-state index contributed by atoms with van der Waals surface area (Å²) in [6.45, 7) is 4.42. The van der Waals surface area contributed by atoms with Crippen LogP contribution in [-0.2, 0) is 6.42 Å². The first-order chi connectivity index (χ1) is 7.61. The second-order valence-corrected chi connectivity index (χ2v) is 5.23. The van der Waals surface area contributed by atoms with Crippen LogP contribution in [0.5, 0.6) is 5.75 Å². The van der Waals surface area contributed by atoms with Crippen molar-refractivity contribution in [2.24, 2.45) is 5.92 Å². The molecular weight excluding hydrogens is 220 g/mol. The average molecular weight is 241 g/mol. The molecule has 1 unspecified atom stereocenters. The molecule has 0 spiro atoms. The Morgan fingerprint density at radius 2 is 2.06 bits per heavy atom. The van der Waals surface area contributed by atoms with Gasteiger partial charge in [-0.25, -0.2) is 0 Å². The van der Waals surface area contributed by atoms with Crippen molar-refractivity contribution in [2.45, 2.75) is 38.5 Å². The topological polar surface area (TPSA) is 9.23 Å². The number of methoxy groups -OCH3 is 1. The van der Waals surface area contributed by atoms with Crippen LogP contribution in [0.3, 0.4) is 0 Å². The molecule has 0 fully saturated rings. The summed E-state index contributed by atoms with van der Waals surface area (Å²) in [6.07, 6.45) is 3.15. The van der Waals surface area contributed by atoms with E-state index in [9.17, 15) is 0 Å². The molecule has 90 valence electrons. The zero-order valence-electron chi connectivity index (χ0n) is 10.4. The molecule has 0 heterocycles. The van der Waals surface area contributed by atoms with Crippen molar-refractivity contribution in [3.8, 4) is 5.75 Å². The lowest BCUT2D eigenvalue weighted by Gasteiger charge is -2.12. The molecule has 0 aliphatic rings. The zero-order chi connectivity index (χ0) is 12.0. The number of hydrogen-bond acceptors (Lipinski definition) is 1. The summed E-state index contributed by atoms with van der Waals surface area (Å²) in [4.78, 5) is 0. The van der Waals surface area contributed by atoms with Gasteiger partial charge in [0.1, 0.15) is 5.75 Å². The van der Waals surface area contributed by atoms with E-state index in [-0.39, 0.29) is 5.38 Å². The minimum absolute atomic E-state index is 0.284. The van der Waals surface area contributed by atoms with E-state index in [0.29, 0.717) is 5.92 Å². The fourth-order valence-electron chi connectivity index (χ4n) is 1.78. The number of hydrogen-bond donors (Lipinski definition) is 0. The third-order valence-electron chi connectivity index (χ3n) is 2.61. The van der Waals surface area contributed by atoms with Gasteiger partial charge in [0.2, 0.25) is 0 Å². The molecule has 0 radical (unpaired) electrons. The van der Waals surface area contributed by atoms with Gasteiger partial charge >= 0.3 is 0 Å². The largest absolute Gasteiger partial charge is 0.497 e. The number of benzene rings is 1. The van der Waals surface area contributed by atoms with Crippen molar-refractivity contribution in [1.29, 1.82) is 0 Å². The summed E-state index contributed by atoms with van der Waals surface area (Å²) in [5, 5.41) is 0.284. The van der Waals surface area contributed by atoms with E-state index in [2.05, 4.69) is 26.0 Å². The van der Waals surface area contributed by atoms with Gasteiger partial charge in [0.05, 0.1) is 7.11 Å². The van der Waals surface area contributed by atoms with Crippen molar-refractivity contribution in [3.63, 3.8) is 0 Å². The summed E-state index contributed by atoms with van der Waals surface area (Å²) in [7, 11) is 1.70. The van der Waals surface area contributed by atoms with Crippen LogP contribution in [0.4, 0.5) is 0 Å². The molecule has 1 atom stereocenters. The van der Waals surface area contributed by atoms with Crippen LogP contribution in [0.25, 0.3) is 0 Å². The van der Waals surface area contributed by atoms with Crippen molar-refractivity contribution >= 4 is 11.6 Å². The summed E-state index contributed by atoms with van der Waals surface area (Å²) in [6, 6.07) is 8.20. The summed E-state index contributed by atoms with van der Waals surface area (Å²) < 4.78 is 5.19. The van der Waals surface area contributed by atoms with Crippen molar-refractivity contribution in [1.82, 2.24) is 0 Å². The van der Waals surface area contributed by atoms with E-state index in [1.54, 1.807) is 7.11 Å². The minimum atomic E-state index is 0.284. The molecule has 1 aromatic rings. The highest BCUT2D eigenvalue weighted by Gasteiger charge is 2.07. The fraction of sp³-hybridized carbons (Fsp3) is 0.571. The van der Waals surface area contributed by atoms with Crippen LogP contribution in [0.15, 0.2) is 24.3 Å². The smallest absolute Gasteiger partial charge is 0.119 e. The summed E-state index contributed by atoms with van der Waals surface area (Å²) in [5.74, 6) is 1.60. The van der Waals surface area contributed by atoms with E-state index in [0.717, 1.165) is 25.0 Å². The minimum Gasteiger partial charge on any atom is -0.497 e. The predicted octanol–water partition coefficient (Wildman–Crippen LogP) is 4.28. The standard InChI is InChI=1S/C14H21ClO/c1-11(2)9-13(15)8-7-12-5-4-6-14(10-12)16-3/h4-6,10-11,13H,7-9H2,1-3H3. The quantitative estimate of drug-likeness (QED) is 0.675. The van der Waals surface area contributed by atoms with Crippen LogP contribution in [-0.4, -0.2) is 12.5 Å². The monoisotopic (exact) mass is 240 g/mol. The van der Waals surface area contributed by atoms with Crippen LogP contribution in [0.1, 0.15) is 32.3 Å². The lowest BCUT2D eigenvalue weighted by Crippen LogP contribution is -2.05. The first kappa shape index (κ1) is 13.4. The Bertz CT molecular complexity index is 309. The third kappa shape index (κ3) is 4.89. The molecule has 0 aliphatic heterocycles. The number of ether oxygens (including phenoxy) is 1. The molecule has 2 heteroatoms. The molecule has 0 saturated heterocycles. The lowest BCUT2D eigenvalue weighted by atomic mass is 10.0. The SMILES string of the molecule is COc1cccc(CCC(Cl)CC(C)C)c1. The van der Waals surface area contributed by atoms with Crippen LogP contribution in [0.2, 0.25) is 0 Å². The Kier molecular flexibility index (Phi) is 5.68. The Morgan fingerprint density at radius 1 is 1.31 bits per heavy atom. The van der Waals surface area contributed by atoms with Crippen molar-refractivity contribution < 1.29 is 4.74 Å². The summed E-state index contributed by atoms with van der Waals surface area (Å²) in [5.41, 5.74) is 1.30. The lowest BCUT2D eigenvalue weighted by molar-refractivity contribution is 0.414. The Labute approximate surface area is 104 Å². The third-order valence-corrected chi connectivity index (χ3v) is 3.00. The molecule has 0 saturated carbocycles. The predicted molar refractivity (Wildman–Crippen MR) is 70.4 cm³/mol. The first-order valence-electron chi connectivity index (χ1n) is 5.88. The molecule has 0 aromatic heterocycles. The Hall–Kier alpha value is -0.690. The van der Waals surface area contributed by atoms with Crippen LogP contribution in [0, 0.1) is 5.92 Å². The molecule has 16 heavy (non-hydrogen) atoms. The van der Waals surface area contributed by atoms with Gasteiger partial charge in [-0.05, 0) is 42.9 Å². The first-order valence-corrected chi connectivity index (χ1v) is 6.32. The maximum Gasteiger partial charge on any atom is 0.119 e. The second kappa shape index (κ2) is 6.80. The highest BCUT2D eigenvalue weighted by molar-refractivity contribution is 6.20. The van der Waals surface area contributed by atoms with Gasteiger partial charge in [0, 0.05) is 5.38 Å². The Balaban J connectivity index is 2.41. The van der Waals surface area contributed by atoms with Crippen LogP contribution < -0.4 is 4.74 Å². The molecule has 0 bridgehead atoms. The van der Waals surface area contributed by atoms with E-state index < -0.39 is 0 Å². The number of aryl methyl sites for hydroxylation is 1. The van der Waals surface area contributed by atoms with E-state index in [4.69, 9.17) is 16.3 Å².